The van der Waals surface area contributed by atoms with Crippen LogP contribution in [0.2, 0.25) is 5.02 Å². The Hall–Kier alpha value is -2.98. The molecule has 2 atom stereocenters. The van der Waals surface area contributed by atoms with Gasteiger partial charge in [-0.1, -0.05) is 60.1 Å². The van der Waals surface area contributed by atoms with Crippen LogP contribution in [-0.2, 0) is 4.79 Å². The third kappa shape index (κ3) is 4.22. The maximum atomic E-state index is 13.1. The number of carbonyl (C=O) groups excluding carboxylic acids is 1. The van der Waals surface area contributed by atoms with Crippen LogP contribution in [0.1, 0.15) is 24.9 Å². The van der Waals surface area contributed by atoms with Gasteiger partial charge in [0, 0.05) is 17.4 Å². The second kappa shape index (κ2) is 8.58. The zero-order chi connectivity index (χ0) is 20.2. The molecule has 1 heterocycles. The van der Waals surface area contributed by atoms with E-state index in [1.54, 1.807) is 12.1 Å². The smallest absolute Gasteiger partial charge is 0.265 e. The molecule has 1 aliphatic rings. The van der Waals surface area contributed by atoms with Crippen molar-refractivity contribution in [2.24, 2.45) is 0 Å². The summed E-state index contributed by atoms with van der Waals surface area (Å²) < 4.78 is 5.70. The fourth-order valence-corrected chi connectivity index (χ4v) is 4.03. The van der Waals surface area contributed by atoms with Crippen LogP contribution in [0.15, 0.2) is 78.9 Å². The number of anilines is 2. The quantitative estimate of drug-likeness (QED) is 0.591. The van der Waals surface area contributed by atoms with E-state index in [-0.39, 0.29) is 24.6 Å². The van der Waals surface area contributed by atoms with Crippen LogP contribution in [0.4, 0.5) is 11.4 Å². The molecule has 0 radical (unpaired) electrons. The van der Waals surface area contributed by atoms with Crippen LogP contribution in [0.25, 0.3) is 0 Å². The minimum Gasteiger partial charge on any atom is -0.482 e. The van der Waals surface area contributed by atoms with E-state index in [4.69, 9.17) is 16.3 Å². The number of benzene rings is 3. The van der Waals surface area contributed by atoms with Gasteiger partial charge in [0.2, 0.25) is 0 Å². The lowest BCUT2D eigenvalue weighted by Gasteiger charge is -2.40. The second-order valence-corrected chi connectivity index (χ2v) is 7.60. The summed E-state index contributed by atoms with van der Waals surface area (Å²) in [5, 5.41) is 4.11. The van der Waals surface area contributed by atoms with E-state index in [1.165, 1.54) is 0 Å². The molecule has 0 aromatic heterocycles. The van der Waals surface area contributed by atoms with Crippen molar-refractivity contribution < 1.29 is 9.53 Å². The summed E-state index contributed by atoms with van der Waals surface area (Å²) >= 11 is 6.14. The highest BCUT2D eigenvalue weighted by Crippen LogP contribution is 2.39. The van der Waals surface area contributed by atoms with Crippen molar-refractivity contribution in [3.8, 4) is 5.75 Å². The Morgan fingerprint density at radius 3 is 2.52 bits per heavy atom. The van der Waals surface area contributed by atoms with E-state index in [2.05, 4.69) is 30.4 Å². The number of carbonyl (C=O) groups is 1. The molecule has 2 unspecified atom stereocenters. The molecule has 29 heavy (non-hydrogen) atoms. The van der Waals surface area contributed by atoms with Crippen molar-refractivity contribution >= 4 is 28.9 Å². The van der Waals surface area contributed by atoms with E-state index < -0.39 is 0 Å². The van der Waals surface area contributed by atoms with Gasteiger partial charge in [0.15, 0.2) is 6.61 Å². The Morgan fingerprint density at radius 2 is 1.72 bits per heavy atom. The molecule has 1 aliphatic heterocycles. The van der Waals surface area contributed by atoms with Crippen LogP contribution in [0.5, 0.6) is 5.75 Å². The first-order valence-corrected chi connectivity index (χ1v) is 10.1. The molecule has 3 aromatic carbocycles. The molecular weight excluding hydrogens is 384 g/mol. The minimum absolute atomic E-state index is 0.0356. The summed E-state index contributed by atoms with van der Waals surface area (Å²) in [6, 6.07) is 25.6. The normalized spacial score (nSPS) is 18.1. The molecule has 0 spiro atoms. The van der Waals surface area contributed by atoms with Gasteiger partial charge in [-0.3, -0.25) is 4.79 Å². The summed E-state index contributed by atoms with van der Waals surface area (Å²) in [6.07, 6.45) is 0.809. The molecule has 4 rings (SSSR count). The van der Waals surface area contributed by atoms with Gasteiger partial charge in [-0.25, -0.2) is 0 Å². The van der Waals surface area contributed by atoms with Gasteiger partial charge in [0.25, 0.3) is 5.91 Å². The molecule has 3 aromatic rings. The van der Waals surface area contributed by atoms with Crippen LogP contribution in [-0.4, -0.2) is 18.6 Å². The number of nitrogens with one attached hydrogen (secondary N) is 1. The predicted octanol–water partition coefficient (Wildman–Crippen LogP) is 5.70. The van der Waals surface area contributed by atoms with Crippen molar-refractivity contribution in [2.45, 2.75) is 25.4 Å². The fraction of sp³-hybridized carbons (Fsp3) is 0.208. The first-order valence-electron chi connectivity index (χ1n) is 9.73. The number of fused-ring (bicyclic) bond motifs is 1. The van der Waals surface area contributed by atoms with E-state index in [0.29, 0.717) is 10.8 Å². The number of ether oxygens (including phenoxy) is 1. The van der Waals surface area contributed by atoms with E-state index >= 15 is 0 Å². The van der Waals surface area contributed by atoms with Gasteiger partial charge in [-0.2, -0.15) is 0 Å². The Bertz CT molecular complexity index is 993. The predicted molar refractivity (Wildman–Crippen MR) is 118 cm³/mol. The summed E-state index contributed by atoms with van der Waals surface area (Å²) in [5.74, 6) is 0.437. The molecule has 5 heteroatoms. The molecule has 1 amide bonds. The lowest BCUT2D eigenvalue weighted by atomic mass is 9.91. The fourth-order valence-electron chi connectivity index (χ4n) is 3.84. The van der Waals surface area contributed by atoms with E-state index in [1.807, 2.05) is 53.4 Å². The topological polar surface area (TPSA) is 41.6 Å². The molecule has 148 valence electrons. The zero-order valence-corrected chi connectivity index (χ0v) is 17.0. The van der Waals surface area contributed by atoms with Crippen LogP contribution in [0.3, 0.4) is 0 Å². The number of hydrogen-bond donors (Lipinski definition) is 1. The number of rotatable bonds is 5. The highest BCUT2D eigenvalue weighted by atomic mass is 35.5. The first kappa shape index (κ1) is 19.3. The molecule has 0 fully saturated rings. The summed E-state index contributed by atoms with van der Waals surface area (Å²) in [5.41, 5.74) is 3.11. The van der Waals surface area contributed by atoms with Gasteiger partial charge in [0.05, 0.1) is 11.1 Å². The largest absolute Gasteiger partial charge is 0.482 e. The number of amides is 1. The molecule has 4 nitrogen and oxygen atoms in total. The van der Waals surface area contributed by atoms with Gasteiger partial charge < -0.3 is 15.0 Å². The molecule has 1 N–H and O–H groups in total. The second-order valence-electron chi connectivity index (χ2n) is 7.19. The van der Waals surface area contributed by atoms with Crippen molar-refractivity contribution in [3.63, 3.8) is 0 Å². The SMILES string of the molecule is CC1CC(Nc2ccccc2)c2ccccc2N1C(=O)COc1ccccc1Cl. The molecule has 0 saturated heterocycles. The molecule has 0 saturated carbocycles. The number of para-hydroxylation sites is 3. The van der Waals surface area contributed by atoms with Crippen LogP contribution < -0.4 is 15.0 Å². The van der Waals surface area contributed by atoms with E-state index in [0.717, 1.165) is 23.4 Å². The molecule has 0 bridgehead atoms. The standard InChI is InChI=1S/C24H23ClN2O2/c1-17-15-21(26-18-9-3-2-4-10-18)19-11-5-7-13-22(19)27(17)24(28)16-29-23-14-8-6-12-20(23)25/h2-14,17,21,26H,15-16H2,1H3. The monoisotopic (exact) mass is 406 g/mol. The number of nitrogens with zero attached hydrogens (tertiary/aromatic N) is 1. The maximum Gasteiger partial charge on any atom is 0.265 e. The summed E-state index contributed by atoms with van der Waals surface area (Å²) in [7, 11) is 0. The van der Waals surface area contributed by atoms with Crippen molar-refractivity contribution in [1.29, 1.82) is 0 Å². The summed E-state index contributed by atoms with van der Waals surface area (Å²) in [4.78, 5) is 14.9. The number of hydrogen-bond acceptors (Lipinski definition) is 3. The molecule has 0 aliphatic carbocycles. The Morgan fingerprint density at radius 1 is 1.03 bits per heavy atom. The third-order valence-electron chi connectivity index (χ3n) is 5.16. The Labute approximate surface area is 176 Å². The van der Waals surface area contributed by atoms with Crippen LogP contribution in [0, 0.1) is 0 Å². The van der Waals surface area contributed by atoms with Gasteiger partial charge in [-0.15, -0.1) is 0 Å². The van der Waals surface area contributed by atoms with E-state index in [9.17, 15) is 4.79 Å². The summed E-state index contributed by atoms with van der Waals surface area (Å²) in [6.45, 7) is 2.02. The Kier molecular flexibility index (Phi) is 5.72. The van der Waals surface area contributed by atoms with Crippen molar-refractivity contribution in [3.05, 3.63) is 89.4 Å². The lowest BCUT2D eigenvalue weighted by molar-refractivity contribution is -0.121. The number of halogens is 1. The molecular formula is C24H23ClN2O2. The highest BCUT2D eigenvalue weighted by molar-refractivity contribution is 6.32. The van der Waals surface area contributed by atoms with Gasteiger partial charge in [0.1, 0.15) is 5.75 Å². The van der Waals surface area contributed by atoms with Crippen LogP contribution >= 0.6 is 11.6 Å². The Balaban J connectivity index is 1.55. The van der Waals surface area contributed by atoms with Crippen molar-refractivity contribution in [1.82, 2.24) is 0 Å². The van der Waals surface area contributed by atoms with Crippen molar-refractivity contribution in [2.75, 3.05) is 16.8 Å². The van der Waals surface area contributed by atoms with Gasteiger partial charge >= 0.3 is 0 Å². The third-order valence-corrected chi connectivity index (χ3v) is 5.47. The first-order chi connectivity index (χ1) is 14.1. The average molecular weight is 407 g/mol. The maximum absolute atomic E-state index is 13.1. The van der Waals surface area contributed by atoms with Gasteiger partial charge in [-0.05, 0) is 49.2 Å². The zero-order valence-electron chi connectivity index (χ0n) is 16.2. The minimum atomic E-state index is -0.0805. The lowest BCUT2D eigenvalue weighted by Crippen LogP contribution is -2.46. The highest BCUT2D eigenvalue weighted by Gasteiger charge is 2.33. The average Bonchev–Trinajstić information content (AvgIpc) is 2.74.